The van der Waals surface area contributed by atoms with Crippen LogP contribution in [0.3, 0.4) is 0 Å². The number of nitrogens with one attached hydrogen (secondary N) is 2. The van der Waals surface area contributed by atoms with Crippen molar-refractivity contribution in [3.8, 4) is 11.5 Å². The zero-order chi connectivity index (χ0) is 50.8. The third-order valence-electron chi connectivity index (χ3n) is 12.7. The van der Waals surface area contributed by atoms with E-state index in [4.69, 9.17) is 31.5 Å². The molecule has 0 aromatic heterocycles. The highest BCUT2D eigenvalue weighted by Crippen LogP contribution is 2.40. The van der Waals surface area contributed by atoms with Crippen LogP contribution in [0, 0.1) is 5.92 Å². The molecule has 6 aromatic carbocycles. The molecule has 73 heavy (non-hydrogen) atoms. The second-order valence-electron chi connectivity index (χ2n) is 18.5. The Morgan fingerprint density at radius 3 is 1.81 bits per heavy atom. The lowest BCUT2D eigenvalue weighted by Gasteiger charge is -2.30. The molecule has 4 N–H and O–H groups in total. The van der Waals surface area contributed by atoms with E-state index in [0.717, 1.165) is 107 Å². The summed E-state index contributed by atoms with van der Waals surface area (Å²) in [6.45, 7) is 9.30. The number of rotatable bonds is 9. The predicted octanol–water partition coefficient (Wildman–Crippen LogP) is 11.5. The minimum Gasteiger partial charge on any atom is -0.478 e. The lowest BCUT2D eigenvalue weighted by Crippen LogP contribution is -2.46. The maximum atomic E-state index is 9.55. The van der Waals surface area contributed by atoms with Crippen LogP contribution < -0.4 is 20.3 Å². The van der Waals surface area contributed by atoms with Gasteiger partial charge in [-0.15, -0.1) is 12.4 Å². The van der Waals surface area contributed by atoms with Crippen LogP contribution in [0.5, 0.6) is 11.5 Å². The monoisotopic (exact) mass is 1020 g/mol. The Morgan fingerprint density at radius 1 is 0.726 bits per heavy atom. The van der Waals surface area contributed by atoms with E-state index in [1.54, 1.807) is 0 Å². The van der Waals surface area contributed by atoms with E-state index >= 15 is 0 Å². The van der Waals surface area contributed by atoms with Crippen molar-refractivity contribution in [2.24, 2.45) is 10.9 Å². The summed E-state index contributed by atoms with van der Waals surface area (Å²) in [7, 11) is 6.31. The number of nitrogens with zero attached hydrogens (tertiary/aromatic N) is 4. The van der Waals surface area contributed by atoms with Crippen LogP contribution in [-0.2, 0) is 35.3 Å². The topological polar surface area (TPSA) is 130 Å². The molecule has 3 heterocycles. The summed E-state index contributed by atoms with van der Waals surface area (Å²) >= 11 is 6.20. The number of para-hydroxylation sites is 4. The molecule has 6 aromatic rings. The summed E-state index contributed by atoms with van der Waals surface area (Å²) in [5.74, 6) is 0.612. The van der Waals surface area contributed by atoms with Crippen LogP contribution in [0.4, 0.5) is 17.1 Å². The number of anilines is 2. The Morgan fingerprint density at radius 2 is 1.25 bits per heavy atom. The van der Waals surface area contributed by atoms with E-state index in [-0.39, 0.29) is 12.4 Å². The van der Waals surface area contributed by atoms with Crippen molar-refractivity contribution in [2.45, 2.75) is 39.0 Å². The van der Waals surface area contributed by atoms with Crippen LogP contribution in [0.25, 0.3) is 5.57 Å². The van der Waals surface area contributed by atoms with Gasteiger partial charge in [0.2, 0.25) is 0 Å². The Balaban J connectivity index is 0.000000165. The number of fused-ring (bicyclic) bond motifs is 6. The first-order chi connectivity index (χ1) is 35.0. The molecule has 1 atom stereocenters. The normalized spacial score (nSPS) is 14.4. The van der Waals surface area contributed by atoms with Gasteiger partial charge in [-0.2, -0.15) is 0 Å². The van der Waals surface area contributed by atoms with Gasteiger partial charge in [0.15, 0.2) is 5.75 Å². The van der Waals surface area contributed by atoms with Gasteiger partial charge in [-0.25, -0.2) is 14.6 Å². The summed E-state index contributed by atoms with van der Waals surface area (Å²) in [6.07, 6.45) is 9.10. The molecule has 0 amide bonds. The number of aryl methyl sites for hydroxylation is 4. The quantitative estimate of drug-likeness (QED) is 0.0820. The Labute approximate surface area is 442 Å². The fourth-order valence-corrected chi connectivity index (χ4v) is 9.68. The Hall–Kier alpha value is -6.73. The summed E-state index contributed by atoms with van der Waals surface area (Å²) in [4.78, 5) is 31.1. The van der Waals surface area contributed by atoms with Crippen molar-refractivity contribution in [1.82, 2.24) is 20.4 Å². The molecule has 4 aliphatic rings. The largest absolute Gasteiger partial charge is 0.478 e. The van der Waals surface area contributed by atoms with Gasteiger partial charge in [-0.05, 0) is 147 Å². The molecule has 11 nitrogen and oxygen atoms in total. The highest BCUT2D eigenvalue weighted by atomic mass is 35.5. The highest BCUT2D eigenvalue weighted by Gasteiger charge is 2.25. The van der Waals surface area contributed by atoms with Crippen molar-refractivity contribution < 1.29 is 24.5 Å². The molecular weight excluding hydrogens is 956 g/mol. The third-order valence-corrected chi connectivity index (χ3v) is 12.9. The van der Waals surface area contributed by atoms with Crippen molar-refractivity contribution in [3.05, 3.63) is 202 Å². The van der Waals surface area contributed by atoms with E-state index in [9.17, 15) is 9.59 Å². The van der Waals surface area contributed by atoms with Crippen LogP contribution in [0.1, 0.15) is 52.3 Å². The van der Waals surface area contributed by atoms with Gasteiger partial charge in [0, 0.05) is 67.8 Å². The van der Waals surface area contributed by atoms with Crippen molar-refractivity contribution in [2.75, 3.05) is 71.9 Å². The smallest absolute Gasteiger partial charge is 0.328 e. The number of piperazine rings is 1. The molecule has 3 aliphatic heterocycles. The minimum atomic E-state index is -1.26. The number of amidine groups is 1. The van der Waals surface area contributed by atoms with Crippen molar-refractivity contribution in [3.63, 3.8) is 0 Å². The van der Waals surface area contributed by atoms with E-state index in [1.807, 2.05) is 49.5 Å². The highest BCUT2D eigenvalue weighted by molar-refractivity contribution is 6.31. The van der Waals surface area contributed by atoms with Crippen LogP contribution in [0.15, 0.2) is 163 Å². The summed E-state index contributed by atoms with van der Waals surface area (Å²) in [5, 5.41) is 22.9. The number of benzene rings is 6. The average molecular weight is 1020 g/mol. The summed E-state index contributed by atoms with van der Waals surface area (Å²) in [5.41, 5.74) is 14.7. The molecule has 13 heteroatoms. The van der Waals surface area contributed by atoms with Gasteiger partial charge in [0.05, 0.1) is 5.56 Å². The van der Waals surface area contributed by atoms with Crippen LogP contribution >= 0.6 is 24.0 Å². The molecule has 1 saturated heterocycles. The lowest BCUT2D eigenvalue weighted by molar-refractivity contribution is -0.134. The van der Waals surface area contributed by atoms with Crippen molar-refractivity contribution in [1.29, 1.82) is 0 Å². The van der Waals surface area contributed by atoms with E-state index in [2.05, 4.69) is 149 Å². The van der Waals surface area contributed by atoms with Gasteiger partial charge in [0.1, 0.15) is 17.3 Å². The van der Waals surface area contributed by atoms with Crippen molar-refractivity contribution >= 4 is 64.4 Å². The summed E-state index contributed by atoms with van der Waals surface area (Å²) in [6, 6.07) is 49.0. The molecule has 0 radical (unpaired) electrons. The molecule has 0 spiro atoms. The first-order valence-electron chi connectivity index (χ1n) is 24.8. The Bertz CT molecular complexity index is 2760. The average Bonchev–Trinajstić information content (AvgIpc) is 3.73. The number of hydrogen-bond donors (Lipinski definition) is 4. The molecule has 0 saturated carbocycles. The second-order valence-corrected chi connectivity index (χ2v) is 18.9. The lowest BCUT2D eigenvalue weighted by atomic mass is 9.93. The van der Waals surface area contributed by atoms with Gasteiger partial charge < -0.3 is 40.3 Å². The zero-order valence-electron chi connectivity index (χ0n) is 42.3. The Kier molecular flexibility index (Phi) is 21.3. The van der Waals surface area contributed by atoms with Gasteiger partial charge >= 0.3 is 11.9 Å². The standard InChI is InChI=1S/C20H26N2.C19H21N.C17H16ClN3O.C4H4O4.ClH/c1-16(14-21(2)3)15-22-19-10-6-4-8-17(19)12-13-18-9-5-7-11-20(18)22;1-20-14-6-11-19-17-9-4-2-7-15(17)12-13-16-8-3-5-10-18(16)19;18-12-5-6-15-13(11-12)17(21-9-7-19-8-10-21)20-14-3-1-2-4-16(14)22-15;5-3(6)1-2-4(7)8;/h4-11,16H,12-15H2,1-3H3;2-5,7-11,20H,6,12-14H2,1H3;1-6,11,19H,7-10H2;1-2H,(H,5,6)(H,7,8);1H/b;;;2-1-;. The summed E-state index contributed by atoms with van der Waals surface area (Å²) < 4.78 is 6.06. The molecule has 1 unspecified atom stereocenters. The molecule has 0 bridgehead atoms. The number of halogens is 2. The molecule has 1 aliphatic carbocycles. The number of ether oxygens (including phenoxy) is 1. The molecular formula is C60H68Cl2N6O5. The van der Waals surface area contributed by atoms with Gasteiger partial charge in [0.25, 0.3) is 0 Å². The number of carboxylic acid groups (broad SMARTS) is 2. The zero-order valence-corrected chi connectivity index (χ0v) is 43.8. The predicted molar refractivity (Wildman–Crippen MR) is 301 cm³/mol. The first-order valence-corrected chi connectivity index (χ1v) is 25.2. The number of aliphatic imine (C=N–C) groups is 1. The number of hydrogen-bond acceptors (Lipinski definition) is 9. The SMILES string of the molecule is CC(CN(C)C)CN1c2ccccc2CCc2ccccc21.CNCCC=C1c2ccccc2CCc2ccccc21.Cl.Clc1ccc2c(c1)C(N1CCNCC1)=Nc1ccccc1O2.O=C(O)/C=C\C(=O)O. The number of carbonyl (C=O) groups is 2. The molecule has 382 valence electrons. The maximum Gasteiger partial charge on any atom is 0.328 e. The first kappa shape index (κ1) is 55.6. The van der Waals surface area contributed by atoms with E-state index in [1.165, 1.54) is 50.3 Å². The number of carboxylic acids is 2. The fraction of sp³-hybridized carbons (Fsp3) is 0.283. The van der Waals surface area contributed by atoms with Crippen LogP contribution in [0.2, 0.25) is 5.02 Å². The van der Waals surface area contributed by atoms with Gasteiger partial charge in [-0.1, -0.05) is 122 Å². The fourth-order valence-electron chi connectivity index (χ4n) is 9.51. The van der Waals surface area contributed by atoms with E-state index < -0.39 is 11.9 Å². The maximum absolute atomic E-state index is 9.55. The van der Waals surface area contributed by atoms with Gasteiger partial charge in [-0.3, -0.25) is 0 Å². The minimum absolute atomic E-state index is 0. The van der Waals surface area contributed by atoms with E-state index in [0.29, 0.717) is 23.1 Å². The third kappa shape index (κ3) is 15.6. The van der Waals surface area contributed by atoms with Crippen LogP contribution in [-0.4, -0.2) is 105 Å². The molecule has 1 fully saturated rings. The second kappa shape index (κ2) is 27.9. The number of aliphatic carboxylic acids is 2. The molecule has 10 rings (SSSR count).